The lowest BCUT2D eigenvalue weighted by molar-refractivity contribution is 0.292. The predicted octanol–water partition coefficient (Wildman–Crippen LogP) is 5.83. The minimum atomic E-state index is -0.000289. The van der Waals surface area contributed by atoms with E-state index in [1.54, 1.807) is 0 Å². The van der Waals surface area contributed by atoms with Crippen molar-refractivity contribution in [1.29, 1.82) is 0 Å². The van der Waals surface area contributed by atoms with Crippen LogP contribution in [0.25, 0.3) is 11.3 Å². The number of hydrogen-bond acceptors (Lipinski definition) is 3. The van der Waals surface area contributed by atoms with Crippen LogP contribution < -0.4 is 10.5 Å². The van der Waals surface area contributed by atoms with Gasteiger partial charge in [0.25, 0.3) is 0 Å². The number of rotatable bonds is 4. The number of ether oxygens (including phenoxy) is 1. The normalized spacial score (nSPS) is 12.2. The summed E-state index contributed by atoms with van der Waals surface area (Å²) in [4.78, 5) is 0. The Kier molecular flexibility index (Phi) is 5.24. The number of nitrogen functional groups attached to an aromatic ring is 1. The molecule has 0 saturated carbocycles. The fourth-order valence-electron chi connectivity index (χ4n) is 3.10. The third-order valence-electron chi connectivity index (χ3n) is 4.87. The number of aromatic amines is 1. The standard InChI is InChI=1S/C24H31N3O/c1-23(2,3)17-9-12-22(20(13-17)24(4,5)6)28-15-19-14-21(27-26-19)16-7-10-18(25)11-8-16/h7-14H,15,25H2,1-6H3,(H,26,27). The van der Waals surface area contributed by atoms with Crippen LogP contribution in [0, 0.1) is 0 Å². The molecule has 3 aromatic rings. The molecule has 28 heavy (non-hydrogen) atoms. The van der Waals surface area contributed by atoms with Crippen LogP contribution in [0.5, 0.6) is 5.75 Å². The average Bonchev–Trinajstić information content (AvgIpc) is 3.08. The van der Waals surface area contributed by atoms with Gasteiger partial charge >= 0.3 is 0 Å². The topological polar surface area (TPSA) is 63.9 Å². The van der Waals surface area contributed by atoms with Gasteiger partial charge in [-0.1, -0.05) is 65.8 Å². The molecule has 0 aliphatic carbocycles. The second-order valence-corrected chi connectivity index (χ2v) is 9.40. The molecule has 0 saturated heterocycles. The first-order chi connectivity index (χ1) is 13.0. The zero-order valence-corrected chi connectivity index (χ0v) is 17.8. The van der Waals surface area contributed by atoms with E-state index in [0.29, 0.717) is 6.61 Å². The minimum Gasteiger partial charge on any atom is -0.487 e. The van der Waals surface area contributed by atoms with Crippen LogP contribution in [0.3, 0.4) is 0 Å². The van der Waals surface area contributed by atoms with Crippen LogP contribution in [0.4, 0.5) is 5.69 Å². The number of hydrogen-bond donors (Lipinski definition) is 2. The lowest BCUT2D eigenvalue weighted by atomic mass is 9.80. The summed E-state index contributed by atoms with van der Waals surface area (Å²) in [5.74, 6) is 0.920. The molecule has 4 heteroatoms. The third-order valence-corrected chi connectivity index (χ3v) is 4.87. The average molecular weight is 378 g/mol. The third kappa shape index (κ3) is 4.56. The second-order valence-electron chi connectivity index (χ2n) is 9.40. The highest BCUT2D eigenvalue weighted by molar-refractivity contribution is 5.62. The van der Waals surface area contributed by atoms with Gasteiger partial charge in [0.1, 0.15) is 12.4 Å². The van der Waals surface area contributed by atoms with Crippen molar-refractivity contribution in [3.8, 4) is 17.0 Å². The highest BCUT2D eigenvalue weighted by Crippen LogP contribution is 2.35. The molecule has 0 aliphatic rings. The van der Waals surface area contributed by atoms with Gasteiger partial charge in [0.2, 0.25) is 0 Å². The number of anilines is 1. The number of H-pyrrole nitrogens is 1. The first kappa shape index (κ1) is 20.0. The van der Waals surface area contributed by atoms with Crippen molar-refractivity contribution in [2.24, 2.45) is 0 Å². The van der Waals surface area contributed by atoms with Gasteiger partial charge in [-0.25, -0.2) is 0 Å². The molecular weight excluding hydrogens is 346 g/mol. The van der Waals surface area contributed by atoms with Gasteiger partial charge in [-0.15, -0.1) is 0 Å². The summed E-state index contributed by atoms with van der Waals surface area (Å²) >= 11 is 0. The van der Waals surface area contributed by atoms with E-state index in [0.717, 1.165) is 28.4 Å². The molecule has 0 radical (unpaired) electrons. The van der Waals surface area contributed by atoms with Gasteiger partial charge in [-0.2, -0.15) is 5.10 Å². The van der Waals surface area contributed by atoms with Gasteiger partial charge in [-0.05, 0) is 46.2 Å². The Labute approximate surface area is 168 Å². The molecule has 0 aliphatic heterocycles. The summed E-state index contributed by atoms with van der Waals surface area (Å²) < 4.78 is 6.19. The van der Waals surface area contributed by atoms with Crippen LogP contribution in [-0.2, 0) is 17.4 Å². The van der Waals surface area contributed by atoms with Gasteiger partial charge < -0.3 is 10.5 Å². The molecule has 0 fully saturated rings. The van der Waals surface area contributed by atoms with Crippen molar-refractivity contribution in [1.82, 2.24) is 10.2 Å². The largest absolute Gasteiger partial charge is 0.487 e. The molecule has 1 aromatic heterocycles. The Hall–Kier alpha value is -2.75. The van der Waals surface area contributed by atoms with Crippen molar-refractivity contribution in [3.63, 3.8) is 0 Å². The zero-order chi connectivity index (χ0) is 20.5. The fourth-order valence-corrected chi connectivity index (χ4v) is 3.10. The van der Waals surface area contributed by atoms with E-state index in [4.69, 9.17) is 10.5 Å². The van der Waals surface area contributed by atoms with E-state index in [-0.39, 0.29) is 10.8 Å². The molecule has 0 spiro atoms. The van der Waals surface area contributed by atoms with Crippen molar-refractivity contribution in [2.75, 3.05) is 5.73 Å². The molecule has 3 N–H and O–H groups in total. The molecule has 1 heterocycles. The molecule has 3 rings (SSSR count). The number of benzene rings is 2. The number of nitrogens with zero attached hydrogens (tertiary/aromatic N) is 1. The van der Waals surface area contributed by atoms with E-state index in [1.165, 1.54) is 11.1 Å². The van der Waals surface area contributed by atoms with E-state index in [2.05, 4.69) is 69.9 Å². The van der Waals surface area contributed by atoms with Crippen LogP contribution in [0.1, 0.15) is 58.4 Å². The molecule has 0 unspecified atom stereocenters. The molecule has 148 valence electrons. The van der Waals surface area contributed by atoms with Gasteiger partial charge in [-0.3, -0.25) is 5.10 Å². The Morgan fingerprint density at radius 2 is 1.57 bits per heavy atom. The molecule has 4 nitrogen and oxygen atoms in total. The van der Waals surface area contributed by atoms with Crippen molar-refractivity contribution in [3.05, 3.63) is 65.4 Å². The number of nitrogens with two attached hydrogens (primary N) is 1. The minimum absolute atomic E-state index is 0.000289. The maximum absolute atomic E-state index is 6.19. The number of aromatic nitrogens is 2. The summed E-state index contributed by atoms with van der Waals surface area (Å²) in [6.07, 6.45) is 0. The van der Waals surface area contributed by atoms with Gasteiger partial charge in [0.05, 0.1) is 11.4 Å². The smallest absolute Gasteiger partial charge is 0.130 e. The Balaban J connectivity index is 1.80. The summed E-state index contributed by atoms with van der Waals surface area (Å²) in [5, 5.41) is 7.48. The van der Waals surface area contributed by atoms with Crippen LogP contribution in [0.2, 0.25) is 0 Å². The summed E-state index contributed by atoms with van der Waals surface area (Å²) in [6.45, 7) is 13.8. The highest BCUT2D eigenvalue weighted by atomic mass is 16.5. The van der Waals surface area contributed by atoms with Gasteiger partial charge in [0.15, 0.2) is 0 Å². The first-order valence-corrected chi connectivity index (χ1v) is 9.72. The quantitative estimate of drug-likeness (QED) is 0.562. The first-order valence-electron chi connectivity index (χ1n) is 9.72. The van der Waals surface area contributed by atoms with E-state index in [9.17, 15) is 0 Å². The Morgan fingerprint density at radius 1 is 0.893 bits per heavy atom. The van der Waals surface area contributed by atoms with Crippen LogP contribution in [0.15, 0.2) is 48.5 Å². The van der Waals surface area contributed by atoms with Crippen molar-refractivity contribution < 1.29 is 4.74 Å². The fraction of sp³-hybridized carbons (Fsp3) is 0.375. The summed E-state index contributed by atoms with van der Waals surface area (Å²) in [7, 11) is 0. The van der Waals surface area contributed by atoms with Gasteiger partial charge in [0, 0.05) is 11.3 Å². The second kappa shape index (κ2) is 7.34. The Bertz CT molecular complexity index is 941. The lowest BCUT2D eigenvalue weighted by Gasteiger charge is -2.27. The maximum atomic E-state index is 6.19. The summed E-state index contributed by atoms with van der Waals surface area (Å²) in [6, 6.07) is 16.3. The predicted molar refractivity (Wildman–Crippen MR) is 117 cm³/mol. The molecule has 0 bridgehead atoms. The van der Waals surface area contributed by atoms with E-state index < -0.39 is 0 Å². The number of nitrogens with one attached hydrogen (secondary N) is 1. The molecular formula is C24H31N3O. The molecule has 0 atom stereocenters. The van der Waals surface area contributed by atoms with Crippen LogP contribution >= 0.6 is 0 Å². The van der Waals surface area contributed by atoms with Crippen molar-refractivity contribution in [2.45, 2.75) is 59.0 Å². The zero-order valence-electron chi connectivity index (χ0n) is 17.8. The SMILES string of the molecule is CC(C)(C)c1ccc(OCc2cc(-c3ccc(N)cc3)n[nH]2)c(C(C)(C)C)c1. The molecule has 2 aromatic carbocycles. The maximum Gasteiger partial charge on any atom is 0.130 e. The van der Waals surface area contributed by atoms with E-state index in [1.807, 2.05) is 30.3 Å². The van der Waals surface area contributed by atoms with Crippen molar-refractivity contribution >= 4 is 5.69 Å². The Morgan fingerprint density at radius 3 is 2.18 bits per heavy atom. The van der Waals surface area contributed by atoms with Crippen LogP contribution in [-0.4, -0.2) is 10.2 Å². The molecule has 0 amide bonds. The monoisotopic (exact) mass is 377 g/mol. The summed E-state index contributed by atoms with van der Waals surface area (Å²) in [5.41, 5.74) is 12.0. The highest BCUT2D eigenvalue weighted by Gasteiger charge is 2.23. The lowest BCUT2D eigenvalue weighted by Crippen LogP contribution is -2.17. The van der Waals surface area contributed by atoms with E-state index >= 15 is 0 Å².